The molecule has 0 fully saturated rings. The van der Waals surface area contributed by atoms with Crippen molar-refractivity contribution in [1.29, 1.82) is 0 Å². The molecule has 0 unspecified atom stereocenters. The van der Waals surface area contributed by atoms with E-state index >= 15 is 0 Å². The minimum Gasteiger partial charge on any atom is -0.338 e. The van der Waals surface area contributed by atoms with E-state index in [2.05, 4.69) is 20.6 Å². The maximum atomic E-state index is 12.2. The summed E-state index contributed by atoms with van der Waals surface area (Å²) >= 11 is 1.44. The summed E-state index contributed by atoms with van der Waals surface area (Å²) in [6.45, 7) is 4.06. The number of nitrogens with one attached hydrogen (secondary N) is 2. The molecule has 102 valence electrons. The van der Waals surface area contributed by atoms with Crippen molar-refractivity contribution < 1.29 is 4.79 Å². The highest BCUT2D eigenvalue weighted by Crippen LogP contribution is 2.33. The molecule has 6 heteroatoms. The van der Waals surface area contributed by atoms with Gasteiger partial charge in [0.15, 0.2) is 5.16 Å². The van der Waals surface area contributed by atoms with E-state index in [0.29, 0.717) is 16.5 Å². The van der Waals surface area contributed by atoms with Gasteiger partial charge in [0.25, 0.3) is 5.91 Å². The zero-order valence-electron chi connectivity index (χ0n) is 11.4. The number of thioether (sulfide) groups is 1. The van der Waals surface area contributed by atoms with Crippen molar-refractivity contribution in [3.8, 4) is 0 Å². The van der Waals surface area contributed by atoms with Gasteiger partial charge >= 0.3 is 0 Å². The molecular weight excluding hydrogens is 272 g/mol. The number of fused-ring (bicyclic) bond motifs is 2. The molecule has 0 bridgehead atoms. The number of aryl methyl sites for hydroxylation is 2. The molecule has 2 aromatic rings. The standard InChI is InChI=1S/C14H14N4OS/c1-7-4-10-11(5-8(7)2)17-13(19)9-6-15-14(20-3)18-12(9)16-10/h4-6H,1-3H3,(H,17,19)(H,15,16,18). The highest BCUT2D eigenvalue weighted by Gasteiger charge is 2.21. The summed E-state index contributed by atoms with van der Waals surface area (Å²) in [4.78, 5) is 20.8. The smallest absolute Gasteiger partial charge is 0.261 e. The van der Waals surface area contributed by atoms with Crippen LogP contribution in [0.3, 0.4) is 0 Å². The van der Waals surface area contributed by atoms with Crippen molar-refractivity contribution in [1.82, 2.24) is 9.97 Å². The van der Waals surface area contributed by atoms with Gasteiger partial charge in [0.2, 0.25) is 0 Å². The average molecular weight is 286 g/mol. The second-order valence-corrected chi connectivity index (χ2v) is 5.45. The topological polar surface area (TPSA) is 66.9 Å². The van der Waals surface area contributed by atoms with Gasteiger partial charge in [-0.05, 0) is 43.4 Å². The van der Waals surface area contributed by atoms with Crippen LogP contribution in [0.5, 0.6) is 0 Å². The van der Waals surface area contributed by atoms with Crippen LogP contribution in [-0.4, -0.2) is 22.1 Å². The molecule has 2 N–H and O–H groups in total. The Morgan fingerprint density at radius 1 is 1.10 bits per heavy atom. The number of carbonyl (C=O) groups excluding carboxylic acids is 1. The lowest BCUT2D eigenvalue weighted by molar-refractivity contribution is 0.102. The van der Waals surface area contributed by atoms with Crippen molar-refractivity contribution in [2.75, 3.05) is 16.9 Å². The van der Waals surface area contributed by atoms with Crippen molar-refractivity contribution in [3.05, 3.63) is 35.0 Å². The minimum atomic E-state index is -0.192. The fourth-order valence-electron chi connectivity index (χ4n) is 2.07. The first-order valence-corrected chi connectivity index (χ1v) is 7.41. The summed E-state index contributed by atoms with van der Waals surface area (Å²) < 4.78 is 0. The van der Waals surface area contributed by atoms with Gasteiger partial charge in [0.1, 0.15) is 11.4 Å². The molecule has 0 aliphatic carbocycles. The molecule has 1 aliphatic rings. The SMILES string of the molecule is CSc1ncc2c(n1)Nc1cc(C)c(C)cc1NC2=O. The Bertz CT molecular complexity index is 715. The predicted molar refractivity (Wildman–Crippen MR) is 81.0 cm³/mol. The van der Waals surface area contributed by atoms with Crippen LogP contribution >= 0.6 is 11.8 Å². The zero-order chi connectivity index (χ0) is 14.3. The average Bonchev–Trinajstić information content (AvgIpc) is 2.55. The van der Waals surface area contributed by atoms with Gasteiger partial charge in [-0.2, -0.15) is 0 Å². The number of amides is 1. The molecule has 0 radical (unpaired) electrons. The van der Waals surface area contributed by atoms with Crippen LogP contribution < -0.4 is 10.6 Å². The summed E-state index contributed by atoms with van der Waals surface area (Å²) in [6, 6.07) is 3.98. The maximum absolute atomic E-state index is 12.2. The molecule has 0 saturated carbocycles. The van der Waals surface area contributed by atoms with Crippen LogP contribution in [0.25, 0.3) is 0 Å². The first-order chi connectivity index (χ1) is 9.58. The van der Waals surface area contributed by atoms with E-state index in [0.717, 1.165) is 22.5 Å². The minimum absolute atomic E-state index is 0.192. The van der Waals surface area contributed by atoms with E-state index in [1.165, 1.54) is 11.8 Å². The molecule has 1 aliphatic heterocycles. The Kier molecular flexibility index (Phi) is 3.10. The fraction of sp³-hybridized carbons (Fsp3) is 0.214. The van der Waals surface area contributed by atoms with Crippen LogP contribution in [-0.2, 0) is 0 Å². The predicted octanol–water partition coefficient (Wildman–Crippen LogP) is 3.12. The largest absolute Gasteiger partial charge is 0.338 e. The van der Waals surface area contributed by atoms with Gasteiger partial charge in [0, 0.05) is 6.20 Å². The third kappa shape index (κ3) is 2.12. The van der Waals surface area contributed by atoms with Gasteiger partial charge in [-0.25, -0.2) is 9.97 Å². The Labute approximate surface area is 121 Å². The van der Waals surface area contributed by atoms with E-state index < -0.39 is 0 Å². The zero-order valence-corrected chi connectivity index (χ0v) is 12.3. The van der Waals surface area contributed by atoms with Gasteiger partial charge in [0.05, 0.1) is 11.4 Å². The molecule has 1 amide bonds. The second kappa shape index (κ2) is 4.79. The van der Waals surface area contributed by atoms with Crippen molar-refractivity contribution in [2.45, 2.75) is 19.0 Å². The number of hydrogen-bond donors (Lipinski definition) is 2. The summed E-state index contributed by atoms with van der Waals surface area (Å²) in [5.74, 6) is 0.353. The third-order valence-corrected chi connectivity index (χ3v) is 3.89. The molecule has 0 spiro atoms. The number of nitrogens with zero attached hydrogens (tertiary/aromatic N) is 2. The van der Waals surface area contributed by atoms with Crippen LogP contribution in [0.2, 0.25) is 0 Å². The van der Waals surface area contributed by atoms with Crippen LogP contribution in [0.4, 0.5) is 17.2 Å². The van der Waals surface area contributed by atoms with Gasteiger partial charge in [-0.1, -0.05) is 11.8 Å². The monoisotopic (exact) mass is 286 g/mol. The lowest BCUT2D eigenvalue weighted by atomic mass is 10.1. The number of rotatable bonds is 1. The highest BCUT2D eigenvalue weighted by molar-refractivity contribution is 7.98. The summed E-state index contributed by atoms with van der Waals surface area (Å²) in [7, 11) is 0. The van der Waals surface area contributed by atoms with E-state index in [1.807, 2.05) is 32.2 Å². The van der Waals surface area contributed by atoms with Gasteiger partial charge < -0.3 is 10.6 Å². The quantitative estimate of drug-likeness (QED) is 0.623. The van der Waals surface area contributed by atoms with E-state index in [-0.39, 0.29) is 5.91 Å². The third-order valence-electron chi connectivity index (χ3n) is 3.33. The molecule has 1 aromatic heterocycles. The molecular formula is C14H14N4OS. The molecule has 2 heterocycles. The van der Waals surface area contributed by atoms with Crippen LogP contribution in [0.1, 0.15) is 21.5 Å². The van der Waals surface area contributed by atoms with Crippen molar-refractivity contribution in [2.24, 2.45) is 0 Å². The summed E-state index contributed by atoms with van der Waals surface area (Å²) in [5, 5.41) is 6.76. The van der Waals surface area contributed by atoms with E-state index in [1.54, 1.807) is 6.20 Å². The van der Waals surface area contributed by atoms with E-state index in [9.17, 15) is 4.79 Å². The van der Waals surface area contributed by atoms with Crippen molar-refractivity contribution >= 4 is 34.9 Å². The molecule has 0 atom stereocenters. The molecule has 3 rings (SSSR count). The van der Waals surface area contributed by atoms with Gasteiger partial charge in [-0.15, -0.1) is 0 Å². The highest BCUT2D eigenvalue weighted by atomic mass is 32.2. The Hall–Kier alpha value is -2.08. The molecule has 0 saturated heterocycles. The van der Waals surface area contributed by atoms with Gasteiger partial charge in [-0.3, -0.25) is 4.79 Å². The van der Waals surface area contributed by atoms with Crippen molar-refractivity contribution in [3.63, 3.8) is 0 Å². The number of hydrogen-bond acceptors (Lipinski definition) is 5. The summed E-state index contributed by atoms with van der Waals surface area (Å²) in [5.41, 5.74) is 4.36. The summed E-state index contributed by atoms with van der Waals surface area (Å²) in [6.07, 6.45) is 3.46. The number of carbonyl (C=O) groups is 1. The Morgan fingerprint density at radius 3 is 2.40 bits per heavy atom. The van der Waals surface area contributed by atoms with Crippen LogP contribution in [0.15, 0.2) is 23.5 Å². The molecule has 1 aromatic carbocycles. The fourth-order valence-corrected chi connectivity index (χ4v) is 2.41. The number of aromatic nitrogens is 2. The van der Waals surface area contributed by atoms with Crippen LogP contribution in [0, 0.1) is 13.8 Å². The second-order valence-electron chi connectivity index (χ2n) is 4.68. The van der Waals surface area contributed by atoms with E-state index in [4.69, 9.17) is 0 Å². The number of benzene rings is 1. The number of anilines is 3. The Morgan fingerprint density at radius 2 is 1.75 bits per heavy atom. The first-order valence-electron chi connectivity index (χ1n) is 6.19. The normalized spacial score (nSPS) is 12.8. The first kappa shape index (κ1) is 12.9. The Balaban J connectivity index is 2.15. The molecule has 5 nitrogen and oxygen atoms in total. The molecule has 20 heavy (non-hydrogen) atoms. The lowest BCUT2D eigenvalue weighted by Gasteiger charge is -2.11. The lowest BCUT2D eigenvalue weighted by Crippen LogP contribution is -2.12. The maximum Gasteiger partial charge on any atom is 0.261 e.